The molecule has 1 saturated carbocycles. The Balaban J connectivity index is 2.42. The molecule has 0 heterocycles. The fourth-order valence-electron chi connectivity index (χ4n) is 2.14. The van der Waals surface area contributed by atoms with E-state index in [4.69, 9.17) is 10.5 Å². The Morgan fingerprint density at radius 1 is 1.38 bits per heavy atom. The highest BCUT2D eigenvalue weighted by atomic mass is 16.6. The van der Waals surface area contributed by atoms with Crippen molar-refractivity contribution in [3.8, 4) is 0 Å². The van der Waals surface area contributed by atoms with Gasteiger partial charge in [-0.2, -0.15) is 0 Å². The van der Waals surface area contributed by atoms with E-state index < -0.39 is 5.60 Å². The lowest BCUT2D eigenvalue weighted by molar-refractivity contribution is 0.0471. The number of rotatable bonds is 2. The molecule has 0 aromatic heterocycles. The molecule has 0 saturated heterocycles. The van der Waals surface area contributed by atoms with Crippen LogP contribution in [0.1, 0.15) is 46.5 Å². The summed E-state index contributed by atoms with van der Waals surface area (Å²) in [5, 5.41) is 2.94. The van der Waals surface area contributed by atoms with E-state index in [-0.39, 0.29) is 12.1 Å². The molecular weight excluding hydrogens is 204 g/mol. The third kappa shape index (κ3) is 4.39. The second-order valence-electron chi connectivity index (χ2n) is 5.53. The van der Waals surface area contributed by atoms with Gasteiger partial charge >= 0.3 is 6.09 Å². The van der Waals surface area contributed by atoms with E-state index in [9.17, 15) is 4.79 Å². The van der Waals surface area contributed by atoms with E-state index in [2.05, 4.69) is 5.32 Å². The lowest BCUT2D eigenvalue weighted by Crippen LogP contribution is -2.46. The normalized spacial score (nSPS) is 26.2. The molecule has 1 amide bonds. The molecule has 1 rings (SSSR count). The maximum atomic E-state index is 11.6. The van der Waals surface area contributed by atoms with Crippen LogP contribution in [0.2, 0.25) is 0 Å². The molecule has 1 fully saturated rings. The number of amides is 1. The van der Waals surface area contributed by atoms with Gasteiger partial charge in [-0.15, -0.1) is 0 Å². The van der Waals surface area contributed by atoms with E-state index in [0.717, 1.165) is 19.3 Å². The highest BCUT2D eigenvalue weighted by Crippen LogP contribution is 2.23. The van der Waals surface area contributed by atoms with Crippen LogP contribution in [0, 0.1) is 5.92 Å². The van der Waals surface area contributed by atoms with Gasteiger partial charge in [-0.25, -0.2) is 4.79 Å². The molecule has 3 N–H and O–H groups in total. The Morgan fingerprint density at radius 3 is 2.56 bits per heavy atom. The van der Waals surface area contributed by atoms with Crippen LogP contribution in [0.3, 0.4) is 0 Å². The highest BCUT2D eigenvalue weighted by Gasteiger charge is 2.27. The van der Waals surface area contributed by atoms with Crippen LogP contribution < -0.4 is 11.1 Å². The Labute approximate surface area is 97.9 Å². The Kier molecular flexibility index (Phi) is 4.59. The number of hydrogen-bond donors (Lipinski definition) is 2. The van der Waals surface area contributed by atoms with Gasteiger partial charge in [0.1, 0.15) is 5.60 Å². The van der Waals surface area contributed by atoms with Crippen LogP contribution in [0.15, 0.2) is 0 Å². The standard InChI is InChI=1S/C12H24N2O2/c1-12(2,3)16-11(15)14-10-7-5-4-6-9(10)8-13/h9-10H,4-8,13H2,1-3H3,(H,14,15)/t9-,10+/m0/s1. The fourth-order valence-corrected chi connectivity index (χ4v) is 2.14. The lowest BCUT2D eigenvalue weighted by atomic mass is 9.85. The molecule has 1 aliphatic carbocycles. The van der Waals surface area contributed by atoms with Gasteiger partial charge < -0.3 is 15.8 Å². The first kappa shape index (κ1) is 13.3. The summed E-state index contributed by atoms with van der Waals surface area (Å²) in [4.78, 5) is 11.6. The molecule has 0 aromatic carbocycles. The van der Waals surface area contributed by atoms with E-state index >= 15 is 0 Å². The van der Waals surface area contributed by atoms with E-state index in [1.807, 2.05) is 20.8 Å². The first-order chi connectivity index (χ1) is 7.42. The molecule has 94 valence electrons. The number of hydrogen-bond acceptors (Lipinski definition) is 3. The zero-order valence-electron chi connectivity index (χ0n) is 10.6. The molecule has 1 aliphatic rings. The van der Waals surface area contributed by atoms with Gasteiger partial charge in [-0.05, 0) is 46.1 Å². The molecule has 0 radical (unpaired) electrons. The van der Waals surface area contributed by atoms with Crippen LogP contribution in [-0.2, 0) is 4.74 Å². The number of nitrogens with two attached hydrogens (primary N) is 1. The van der Waals surface area contributed by atoms with Gasteiger partial charge in [0.15, 0.2) is 0 Å². The lowest BCUT2D eigenvalue weighted by Gasteiger charge is -2.32. The zero-order valence-corrected chi connectivity index (χ0v) is 10.6. The molecule has 0 spiro atoms. The first-order valence-electron chi connectivity index (χ1n) is 6.12. The van der Waals surface area contributed by atoms with Crippen LogP contribution in [0.5, 0.6) is 0 Å². The molecule has 2 atom stereocenters. The molecular formula is C12H24N2O2. The Hall–Kier alpha value is -0.770. The summed E-state index contributed by atoms with van der Waals surface area (Å²) in [5.41, 5.74) is 5.27. The second-order valence-corrected chi connectivity index (χ2v) is 5.53. The topological polar surface area (TPSA) is 64.3 Å². The SMILES string of the molecule is CC(C)(C)OC(=O)N[C@@H]1CCCC[C@H]1CN. The summed E-state index contributed by atoms with van der Waals surface area (Å²) in [7, 11) is 0. The molecule has 4 nitrogen and oxygen atoms in total. The van der Waals surface area contributed by atoms with Gasteiger partial charge in [-0.3, -0.25) is 0 Å². The number of ether oxygens (including phenoxy) is 1. The molecule has 0 unspecified atom stereocenters. The third-order valence-electron chi connectivity index (χ3n) is 2.91. The van der Waals surface area contributed by atoms with Crippen LogP contribution in [-0.4, -0.2) is 24.3 Å². The van der Waals surface area contributed by atoms with E-state index in [0.29, 0.717) is 12.5 Å². The van der Waals surface area contributed by atoms with Crippen molar-refractivity contribution in [3.05, 3.63) is 0 Å². The summed E-state index contributed by atoms with van der Waals surface area (Å²) < 4.78 is 5.24. The molecule has 4 heteroatoms. The number of alkyl carbamates (subject to hydrolysis) is 1. The molecule has 0 aliphatic heterocycles. The average molecular weight is 228 g/mol. The average Bonchev–Trinajstić information content (AvgIpc) is 2.15. The van der Waals surface area contributed by atoms with Crippen molar-refractivity contribution >= 4 is 6.09 Å². The summed E-state index contributed by atoms with van der Waals surface area (Å²) in [6.07, 6.45) is 4.18. The minimum Gasteiger partial charge on any atom is -0.444 e. The minimum atomic E-state index is -0.434. The first-order valence-corrected chi connectivity index (χ1v) is 6.12. The van der Waals surface area contributed by atoms with Crippen LogP contribution in [0.25, 0.3) is 0 Å². The van der Waals surface area contributed by atoms with Gasteiger partial charge in [0.25, 0.3) is 0 Å². The molecule has 0 aromatic rings. The fraction of sp³-hybridized carbons (Fsp3) is 0.917. The minimum absolute atomic E-state index is 0.189. The van der Waals surface area contributed by atoms with Gasteiger partial charge in [-0.1, -0.05) is 12.8 Å². The summed E-state index contributed by atoms with van der Waals surface area (Å²) >= 11 is 0. The largest absolute Gasteiger partial charge is 0.444 e. The number of carbonyl (C=O) groups excluding carboxylic acids is 1. The Bertz CT molecular complexity index is 236. The number of carbonyl (C=O) groups is 1. The quantitative estimate of drug-likeness (QED) is 0.760. The Morgan fingerprint density at radius 2 is 2.00 bits per heavy atom. The van der Waals surface area contributed by atoms with Gasteiger partial charge in [0.05, 0.1) is 0 Å². The monoisotopic (exact) mass is 228 g/mol. The summed E-state index contributed by atoms with van der Waals surface area (Å²) in [6.45, 7) is 6.25. The van der Waals surface area contributed by atoms with Crippen molar-refractivity contribution in [2.45, 2.75) is 58.1 Å². The van der Waals surface area contributed by atoms with Crippen molar-refractivity contribution in [1.82, 2.24) is 5.32 Å². The van der Waals surface area contributed by atoms with Crippen molar-refractivity contribution in [2.24, 2.45) is 11.7 Å². The van der Waals surface area contributed by atoms with E-state index in [1.165, 1.54) is 6.42 Å². The highest BCUT2D eigenvalue weighted by molar-refractivity contribution is 5.68. The summed E-state index contributed by atoms with van der Waals surface area (Å²) in [6, 6.07) is 0.189. The van der Waals surface area contributed by atoms with Gasteiger partial charge in [0, 0.05) is 6.04 Å². The third-order valence-corrected chi connectivity index (χ3v) is 2.91. The van der Waals surface area contributed by atoms with Crippen LogP contribution in [0.4, 0.5) is 4.79 Å². The van der Waals surface area contributed by atoms with Crippen molar-refractivity contribution in [2.75, 3.05) is 6.54 Å². The summed E-state index contributed by atoms with van der Waals surface area (Å²) in [5.74, 6) is 0.404. The van der Waals surface area contributed by atoms with E-state index in [1.54, 1.807) is 0 Å². The van der Waals surface area contributed by atoms with Crippen molar-refractivity contribution in [3.63, 3.8) is 0 Å². The smallest absolute Gasteiger partial charge is 0.407 e. The second kappa shape index (κ2) is 5.53. The van der Waals surface area contributed by atoms with Crippen LogP contribution >= 0.6 is 0 Å². The maximum Gasteiger partial charge on any atom is 0.407 e. The van der Waals surface area contributed by atoms with Crippen molar-refractivity contribution in [1.29, 1.82) is 0 Å². The van der Waals surface area contributed by atoms with Gasteiger partial charge in [0.2, 0.25) is 0 Å². The van der Waals surface area contributed by atoms with Crippen molar-refractivity contribution < 1.29 is 9.53 Å². The molecule has 16 heavy (non-hydrogen) atoms. The molecule has 0 bridgehead atoms. The zero-order chi connectivity index (χ0) is 12.2. The number of nitrogens with one attached hydrogen (secondary N) is 1. The maximum absolute atomic E-state index is 11.6. The predicted molar refractivity (Wildman–Crippen MR) is 64.2 cm³/mol. The predicted octanol–water partition coefficient (Wildman–Crippen LogP) is 2.03.